The van der Waals surface area contributed by atoms with Crippen LogP contribution in [0.1, 0.15) is 18.5 Å². The Hall–Kier alpha value is -1.96. The van der Waals surface area contributed by atoms with Crippen LogP contribution in [0.4, 0.5) is 0 Å². The van der Waals surface area contributed by atoms with Crippen molar-refractivity contribution >= 4 is 17.2 Å². The second-order valence-corrected chi connectivity index (χ2v) is 6.90. The van der Waals surface area contributed by atoms with Gasteiger partial charge in [-0.25, -0.2) is 9.67 Å². The molecule has 8 heteroatoms. The summed E-state index contributed by atoms with van der Waals surface area (Å²) in [4.78, 5) is 6.67. The zero-order chi connectivity index (χ0) is 16.6. The molecule has 126 valence electrons. The normalized spacial score (nSPS) is 22.2. The molecular weight excluding hydrogens is 328 g/mol. The zero-order valence-electron chi connectivity index (χ0n) is 13.2. The molecule has 1 atom stereocenters. The van der Waals surface area contributed by atoms with Crippen LogP contribution in [0.15, 0.2) is 36.9 Å². The Labute approximate surface area is 144 Å². The van der Waals surface area contributed by atoms with Crippen molar-refractivity contribution in [3.8, 4) is 0 Å². The molecule has 0 bridgehead atoms. The minimum atomic E-state index is -0.788. The van der Waals surface area contributed by atoms with E-state index in [4.69, 9.17) is 11.6 Å². The molecule has 0 spiro atoms. The Morgan fingerprint density at radius 3 is 3.08 bits per heavy atom. The van der Waals surface area contributed by atoms with E-state index >= 15 is 0 Å². The van der Waals surface area contributed by atoms with Crippen LogP contribution in [0.3, 0.4) is 0 Å². The number of pyridine rings is 1. The van der Waals surface area contributed by atoms with Gasteiger partial charge in [0.15, 0.2) is 0 Å². The molecule has 0 radical (unpaired) electrons. The predicted molar refractivity (Wildman–Crippen MR) is 89.7 cm³/mol. The number of hydrogen-bond donors (Lipinski definition) is 1. The van der Waals surface area contributed by atoms with E-state index < -0.39 is 5.60 Å². The van der Waals surface area contributed by atoms with Gasteiger partial charge in [-0.15, -0.1) is 5.10 Å². The summed E-state index contributed by atoms with van der Waals surface area (Å²) in [6.45, 7) is 2.73. The third-order valence-corrected chi connectivity index (χ3v) is 4.72. The van der Waals surface area contributed by atoms with E-state index in [1.807, 2.05) is 28.9 Å². The maximum atomic E-state index is 10.9. The third-order valence-electron chi connectivity index (χ3n) is 4.49. The molecule has 4 rings (SSSR count). The molecule has 1 unspecified atom stereocenters. The predicted octanol–water partition coefficient (Wildman–Crippen LogP) is 1.61. The number of aliphatic hydroxyl groups is 1. The molecule has 0 amide bonds. The van der Waals surface area contributed by atoms with Gasteiger partial charge < -0.3 is 9.51 Å². The van der Waals surface area contributed by atoms with E-state index in [0.717, 1.165) is 37.3 Å². The summed E-state index contributed by atoms with van der Waals surface area (Å²) in [6, 6.07) is 3.74. The minimum absolute atomic E-state index is 0.461. The van der Waals surface area contributed by atoms with Gasteiger partial charge in [0.2, 0.25) is 0 Å². The Morgan fingerprint density at radius 2 is 2.25 bits per heavy atom. The highest BCUT2D eigenvalue weighted by Crippen LogP contribution is 2.24. The van der Waals surface area contributed by atoms with E-state index in [0.29, 0.717) is 18.1 Å². The molecule has 0 aliphatic carbocycles. The summed E-state index contributed by atoms with van der Waals surface area (Å²) >= 11 is 6.10. The standard InChI is InChI=1S/C16H19ClN6O/c17-13-2-3-15-18-8-14(23(15)9-13)10-21-6-1-4-16(24,11-21)12-22-7-5-19-20-22/h2-3,5,7-9,24H,1,4,6,10-12H2. The molecule has 1 N–H and O–H groups in total. The number of imidazole rings is 1. The molecule has 0 aromatic carbocycles. The molecule has 3 aromatic rings. The van der Waals surface area contributed by atoms with Crippen molar-refractivity contribution in [1.29, 1.82) is 0 Å². The van der Waals surface area contributed by atoms with Crippen LogP contribution < -0.4 is 0 Å². The lowest BCUT2D eigenvalue weighted by atomic mass is 9.92. The molecule has 4 heterocycles. The van der Waals surface area contributed by atoms with Crippen LogP contribution in [0.2, 0.25) is 5.02 Å². The van der Waals surface area contributed by atoms with Gasteiger partial charge in [-0.1, -0.05) is 16.8 Å². The monoisotopic (exact) mass is 346 g/mol. The number of nitrogens with zero attached hydrogens (tertiary/aromatic N) is 6. The number of β-amino-alcohol motifs (C(OH)–C–C–N with tert-alkyl or cyclic N) is 1. The van der Waals surface area contributed by atoms with Gasteiger partial charge in [0, 0.05) is 25.5 Å². The number of piperidine rings is 1. The van der Waals surface area contributed by atoms with Crippen LogP contribution in [0.25, 0.3) is 5.65 Å². The minimum Gasteiger partial charge on any atom is -0.387 e. The number of aromatic nitrogens is 5. The van der Waals surface area contributed by atoms with Crippen LogP contribution in [-0.2, 0) is 13.1 Å². The molecule has 7 nitrogen and oxygen atoms in total. The van der Waals surface area contributed by atoms with Crippen molar-refractivity contribution < 1.29 is 5.11 Å². The molecule has 3 aromatic heterocycles. The lowest BCUT2D eigenvalue weighted by Gasteiger charge is -2.38. The Morgan fingerprint density at radius 1 is 1.33 bits per heavy atom. The summed E-state index contributed by atoms with van der Waals surface area (Å²) in [7, 11) is 0. The van der Waals surface area contributed by atoms with E-state index in [-0.39, 0.29) is 0 Å². The van der Waals surface area contributed by atoms with E-state index in [1.54, 1.807) is 17.1 Å². The fraction of sp³-hybridized carbons (Fsp3) is 0.438. The average molecular weight is 347 g/mol. The van der Waals surface area contributed by atoms with Crippen LogP contribution in [-0.4, -0.2) is 53.1 Å². The third kappa shape index (κ3) is 3.15. The number of rotatable bonds is 4. The van der Waals surface area contributed by atoms with Crippen molar-refractivity contribution in [3.05, 3.63) is 47.6 Å². The van der Waals surface area contributed by atoms with Gasteiger partial charge >= 0.3 is 0 Å². The second kappa shape index (κ2) is 6.16. The van der Waals surface area contributed by atoms with Crippen molar-refractivity contribution in [3.63, 3.8) is 0 Å². The van der Waals surface area contributed by atoms with E-state index in [1.165, 1.54) is 0 Å². The quantitative estimate of drug-likeness (QED) is 0.777. The smallest absolute Gasteiger partial charge is 0.137 e. The topological polar surface area (TPSA) is 71.5 Å². The summed E-state index contributed by atoms with van der Waals surface area (Å²) in [5.41, 5.74) is 1.16. The maximum absolute atomic E-state index is 10.9. The molecular formula is C16H19ClN6O. The van der Waals surface area contributed by atoms with Crippen LogP contribution in [0.5, 0.6) is 0 Å². The molecule has 24 heavy (non-hydrogen) atoms. The SMILES string of the molecule is OC1(Cn2ccnn2)CCCN(Cc2cnc3ccc(Cl)cn23)C1. The summed E-state index contributed by atoms with van der Waals surface area (Å²) in [5, 5.41) is 19.4. The summed E-state index contributed by atoms with van der Waals surface area (Å²) in [5.74, 6) is 0. The maximum Gasteiger partial charge on any atom is 0.137 e. The van der Waals surface area contributed by atoms with Gasteiger partial charge in [-0.3, -0.25) is 4.90 Å². The first-order valence-corrected chi connectivity index (χ1v) is 8.39. The average Bonchev–Trinajstić information content (AvgIpc) is 3.17. The Balaban J connectivity index is 1.50. The van der Waals surface area contributed by atoms with E-state index in [9.17, 15) is 5.11 Å². The zero-order valence-corrected chi connectivity index (χ0v) is 14.0. The van der Waals surface area contributed by atoms with Gasteiger partial charge in [0.05, 0.1) is 35.3 Å². The highest BCUT2D eigenvalue weighted by atomic mass is 35.5. The fourth-order valence-corrected chi connectivity index (χ4v) is 3.60. The first-order valence-electron chi connectivity index (χ1n) is 8.02. The highest BCUT2D eigenvalue weighted by Gasteiger charge is 2.34. The molecule has 1 saturated heterocycles. The second-order valence-electron chi connectivity index (χ2n) is 6.46. The number of halogens is 1. The lowest BCUT2D eigenvalue weighted by molar-refractivity contribution is -0.0481. The largest absolute Gasteiger partial charge is 0.387 e. The molecule has 1 aliphatic rings. The summed E-state index contributed by atoms with van der Waals surface area (Å²) < 4.78 is 3.70. The van der Waals surface area contributed by atoms with Gasteiger partial charge in [0.25, 0.3) is 0 Å². The van der Waals surface area contributed by atoms with Gasteiger partial charge in [-0.05, 0) is 31.5 Å². The van der Waals surface area contributed by atoms with Gasteiger partial charge in [0.1, 0.15) is 5.65 Å². The van der Waals surface area contributed by atoms with Gasteiger partial charge in [-0.2, -0.15) is 0 Å². The van der Waals surface area contributed by atoms with Crippen molar-refractivity contribution in [2.75, 3.05) is 13.1 Å². The van der Waals surface area contributed by atoms with Crippen molar-refractivity contribution in [1.82, 2.24) is 29.3 Å². The van der Waals surface area contributed by atoms with Crippen LogP contribution >= 0.6 is 11.6 Å². The molecule has 1 fully saturated rings. The Kier molecular flexibility index (Phi) is 3.99. The van der Waals surface area contributed by atoms with Crippen molar-refractivity contribution in [2.24, 2.45) is 0 Å². The lowest BCUT2D eigenvalue weighted by Crippen LogP contribution is -2.50. The number of likely N-dealkylation sites (tertiary alicyclic amines) is 1. The fourth-order valence-electron chi connectivity index (χ4n) is 3.44. The summed E-state index contributed by atoms with van der Waals surface area (Å²) in [6.07, 6.45) is 8.88. The van der Waals surface area contributed by atoms with Crippen molar-refractivity contribution in [2.45, 2.75) is 31.5 Å². The highest BCUT2D eigenvalue weighted by molar-refractivity contribution is 6.30. The van der Waals surface area contributed by atoms with Crippen LogP contribution in [0, 0.1) is 0 Å². The molecule has 0 saturated carbocycles. The first kappa shape index (κ1) is 15.6. The number of hydrogen-bond acceptors (Lipinski definition) is 5. The van der Waals surface area contributed by atoms with E-state index in [2.05, 4.69) is 20.2 Å². The number of fused-ring (bicyclic) bond motifs is 1. The first-order chi connectivity index (χ1) is 11.6. The molecule has 1 aliphatic heterocycles. The Bertz CT molecular complexity index is 832.